The van der Waals surface area contributed by atoms with Gasteiger partial charge in [-0.25, -0.2) is 9.97 Å². The van der Waals surface area contributed by atoms with E-state index in [0.717, 1.165) is 47.7 Å². The van der Waals surface area contributed by atoms with E-state index in [9.17, 15) is 0 Å². The summed E-state index contributed by atoms with van der Waals surface area (Å²) in [5, 5.41) is 8.68. The molecular weight excluding hydrogens is 440 g/mol. The van der Waals surface area contributed by atoms with Gasteiger partial charge >= 0.3 is 0 Å². The van der Waals surface area contributed by atoms with Crippen molar-refractivity contribution in [1.29, 1.82) is 0 Å². The second-order valence-electron chi connectivity index (χ2n) is 6.98. The predicted octanol–water partition coefficient (Wildman–Crippen LogP) is 3.24. The Morgan fingerprint density at radius 1 is 0.844 bits per heavy atom. The number of nitrogens with zero attached hydrogens (tertiary/aromatic N) is 4. The van der Waals surface area contributed by atoms with Gasteiger partial charge in [-0.2, -0.15) is 0 Å². The van der Waals surface area contributed by atoms with Crippen molar-refractivity contribution in [3.05, 3.63) is 71.8 Å². The Balaban J connectivity index is 1.47. The van der Waals surface area contributed by atoms with E-state index in [4.69, 9.17) is 9.98 Å². The highest BCUT2D eigenvalue weighted by atomic mass is 32.2. The monoisotopic (exact) mass is 470 g/mol. The minimum absolute atomic E-state index is 0.641. The van der Waals surface area contributed by atoms with Gasteiger partial charge in [0.1, 0.15) is 0 Å². The summed E-state index contributed by atoms with van der Waals surface area (Å²) in [5.41, 5.74) is 4.59. The molecule has 10 heteroatoms. The van der Waals surface area contributed by atoms with Gasteiger partial charge in [0.05, 0.1) is 25.7 Å². The van der Waals surface area contributed by atoms with Gasteiger partial charge in [0.2, 0.25) is 0 Å². The number of aromatic amines is 2. The molecule has 32 heavy (non-hydrogen) atoms. The lowest BCUT2D eigenvalue weighted by atomic mass is 10.1. The van der Waals surface area contributed by atoms with E-state index in [-0.39, 0.29) is 0 Å². The zero-order valence-corrected chi connectivity index (χ0v) is 20.1. The van der Waals surface area contributed by atoms with Gasteiger partial charge in [0.25, 0.3) is 0 Å². The number of hydrogen-bond donors (Lipinski definition) is 4. The Hall–Kier alpha value is -2.72. The maximum absolute atomic E-state index is 4.73. The standard InChI is InChI=1S/C22H30N8S2/c1-31-21(25-8-6-19-13-23-15-29-19)27-11-17-4-3-5-18(10-17)12-28-22(32-2)26-9-7-20-14-24-16-30-20/h3-5,10,13-16H,6-9,11-12H2,1-2H3,(H,23,29)(H,24,30)(H,25,27)(H,26,28). The minimum atomic E-state index is 0.641. The van der Waals surface area contributed by atoms with Crippen molar-refractivity contribution in [2.45, 2.75) is 25.9 Å². The van der Waals surface area contributed by atoms with E-state index in [1.807, 2.05) is 24.9 Å². The normalized spacial score (nSPS) is 12.2. The Morgan fingerprint density at radius 2 is 1.34 bits per heavy atom. The van der Waals surface area contributed by atoms with Gasteiger partial charge in [-0.3, -0.25) is 9.98 Å². The Kier molecular flexibility index (Phi) is 10.2. The third-order valence-corrected chi connectivity index (χ3v) is 5.96. The van der Waals surface area contributed by atoms with Crippen molar-refractivity contribution in [2.24, 2.45) is 9.98 Å². The van der Waals surface area contributed by atoms with Crippen molar-refractivity contribution >= 4 is 33.9 Å². The number of imidazole rings is 2. The first-order valence-corrected chi connectivity index (χ1v) is 12.9. The molecule has 2 heterocycles. The van der Waals surface area contributed by atoms with E-state index in [1.54, 1.807) is 36.2 Å². The summed E-state index contributed by atoms with van der Waals surface area (Å²) in [6.45, 7) is 2.92. The van der Waals surface area contributed by atoms with E-state index in [0.29, 0.717) is 13.1 Å². The molecule has 0 bridgehead atoms. The van der Waals surface area contributed by atoms with Crippen LogP contribution in [0.1, 0.15) is 22.5 Å². The van der Waals surface area contributed by atoms with Crippen LogP contribution < -0.4 is 10.6 Å². The molecule has 0 aliphatic carbocycles. The molecule has 4 N–H and O–H groups in total. The Labute approximate surface area is 197 Å². The molecule has 0 radical (unpaired) electrons. The first-order valence-electron chi connectivity index (χ1n) is 10.4. The van der Waals surface area contributed by atoms with Gasteiger partial charge in [-0.1, -0.05) is 47.8 Å². The summed E-state index contributed by atoms with van der Waals surface area (Å²) in [7, 11) is 0. The van der Waals surface area contributed by atoms with Crippen molar-refractivity contribution in [1.82, 2.24) is 30.6 Å². The molecule has 0 saturated carbocycles. The summed E-state index contributed by atoms with van der Waals surface area (Å²) in [6.07, 6.45) is 13.0. The van der Waals surface area contributed by atoms with Crippen LogP contribution in [0.4, 0.5) is 0 Å². The van der Waals surface area contributed by atoms with Gasteiger partial charge in [-0.05, 0) is 23.6 Å². The summed E-state index contributed by atoms with van der Waals surface area (Å²) in [5.74, 6) is 0. The van der Waals surface area contributed by atoms with Crippen molar-refractivity contribution in [2.75, 3.05) is 25.6 Å². The zero-order chi connectivity index (χ0) is 22.4. The molecule has 8 nitrogen and oxygen atoms in total. The number of thioether (sulfide) groups is 2. The molecule has 0 amide bonds. The quantitative estimate of drug-likeness (QED) is 0.268. The molecule has 0 saturated heterocycles. The van der Waals surface area contributed by atoms with Crippen LogP contribution >= 0.6 is 23.5 Å². The lowest BCUT2D eigenvalue weighted by Crippen LogP contribution is -2.23. The molecule has 0 fully saturated rings. The summed E-state index contributed by atoms with van der Waals surface area (Å²) in [6, 6.07) is 8.47. The van der Waals surface area contributed by atoms with Crippen LogP contribution in [0.25, 0.3) is 0 Å². The fourth-order valence-corrected chi connectivity index (χ4v) is 3.87. The van der Waals surface area contributed by atoms with Crippen LogP contribution in [-0.4, -0.2) is 55.9 Å². The van der Waals surface area contributed by atoms with Gasteiger partial charge < -0.3 is 20.6 Å². The van der Waals surface area contributed by atoms with Gasteiger partial charge in [0, 0.05) is 49.7 Å². The molecule has 0 spiro atoms. The largest absolute Gasteiger partial charge is 0.365 e. The summed E-state index contributed by atoms with van der Waals surface area (Å²) >= 11 is 3.26. The topological polar surface area (TPSA) is 106 Å². The predicted molar refractivity (Wildman–Crippen MR) is 136 cm³/mol. The SMILES string of the molecule is CSC(=NCc1cccc(CN=C(NCCc2cnc[nH]2)SC)c1)NCCc1cnc[nH]1. The molecule has 2 aromatic heterocycles. The number of rotatable bonds is 10. The van der Waals surface area contributed by atoms with Crippen molar-refractivity contribution < 1.29 is 0 Å². The second-order valence-corrected chi connectivity index (χ2v) is 8.57. The molecule has 3 aromatic rings. The smallest absolute Gasteiger partial charge is 0.156 e. The Morgan fingerprint density at radius 3 is 1.75 bits per heavy atom. The first-order chi connectivity index (χ1) is 15.8. The van der Waals surface area contributed by atoms with Gasteiger partial charge in [-0.15, -0.1) is 0 Å². The maximum Gasteiger partial charge on any atom is 0.156 e. The molecule has 170 valence electrons. The molecular formula is C22H30N8S2. The number of aliphatic imine (C=N–C) groups is 2. The molecule has 0 aliphatic heterocycles. The van der Waals surface area contributed by atoms with Crippen LogP contribution in [0.15, 0.2) is 59.3 Å². The molecule has 0 unspecified atom stereocenters. The molecule has 0 atom stereocenters. The lowest BCUT2D eigenvalue weighted by molar-refractivity contribution is 0.847. The Bertz CT molecular complexity index is 892. The average Bonchev–Trinajstić information content (AvgIpc) is 3.53. The number of amidine groups is 2. The number of benzene rings is 1. The maximum atomic E-state index is 4.73. The highest BCUT2D eigenvalue weighted by Gasteiger charge is 2.02. The highest BCUT2D eigenvalue weighted by molar-refractivity contribution is 8.13. The van der Waals surface area contributed by atoms with Crippen LogP contribution in [0.2, 0.25) is 0 Å². The fourth-order valence-electron chi connectivity index (χ4n) is 2.99. The molecule has 3 rings (SSSR count). The van der Waals surface area contributed by atoms with E-state index in [2.05, 4.69) is 54.8 Å². The van der Waals surface area contributed by atoms with Gasteiger partial charge in [0.15, 0.2) is 10.3 Å². The van der Waals surface area contributed by atoms with Crippen molar-refractivity contribution in [3.8, 4) is 0 Å². The fraction of sp³-hybridized carbons (Fsp3) is 0.364. The number of hydrogen-bond acceptors (Lipinski definition) is 6. The molecule has 1 aromatic carbocycles. The lowest BCUT2D eigenvalue weighted by Gasteiger charge is -2.08. The number of H-pyrrole nitrogens is 2. The van der Waals surface area contributed by atoms with E-state index < -0.39 is 0 Å². The average molecular weight is 471 g/mol. The van der Waals surface area contributed by atoms with E-state index >= 15 is 0 Å². The van der Waals surface area contributed by atoms with E-state index in [1.165, 1.54) is 11.1 Å². The summed E-state index contributed by atoms with van der Waals surface area (Å²) in [4.78, 5) is 23.8. The number of aromatic nitrogens is 4. The highest BCUT2D eigenvalue weighted by Crippen LogP contribution is 2.10. The minimum Gasteiger partial charge on any atom is -0.365 e. The van der Waals surface area contributed by atoms with Crippen LogP contribution in [0.5, 0.6) is 0 Å². The van der Waals surface area contributed by atoms with Crippen molar-refractivity contribution in [3.63, 3.8) is 0 Å². The third kappa shape index (κ3) is 8.43. The second kappa shape index (κ2) is 13.6. The summed E-state index contributed by atoms with van der Waals surface area (Å²) < 4.78 is 0. The van der Waals surface area contributed by atoms with Crippen LogP contribution in [0.3, 0.4) is 0 Å². The zero-order valence-electron chi connectivity index (χ0n) is 18.5. The first kappa shape index (κ1) is 23.9. The molecule has 0 aliphatic rings. The third-order valence-electron chi connectivity index (χ3n) is 4.64. The van der Waals surface area contributed by atoms with Crippen LogP contribution in [-0.2, 0) is 25.9 Å². The van der Waals surface area contributed by atoms with Crippen LogP contribution in [0, 0.1) is 0 Å². The number of nitrogens with one attached hydrogen (secondary N) is 4.